The highest BCUT2D eigenvalue weighted by Gasteiger charge is 2.10. The van der Waals surface area contributed by atoms with Crippen molar-refractivity contribution in [2.45, 2.75) is 0 Å². The van der Waals surface area contributed by atoms with E-state index in [0.717, 1.165) is 11.3 Å². The molecule has 0 aliphatic rings. The molecule has 1 amide bonds. The number of hydrogen-bond donors (Lipinski definition) is 1. The number of alkyl halides is 1. The lowest BCUT2D eigenvalue weighted by Crippen LogP contribution is -2.12. The Labute approximate surface area is 131 Å². The molecule has 112 valence electrons. The summed E-state index contributed by atoms with van der Waals surface area (Å²) in [5.74, 6) is 0.863. The minimum absolute atomic E-state index is 0.0937. The van der Waals surface area contributed by atoms with Gasteiger partial charge in [-0.3, -0.25) is 4.79 Å². The van der Waals surface area contributed by atoms with Crippen molar-refractivity contribution in [3.63, 3.8) is 0 Å². The predicted octanol–water partition coefficient (Wildman–Crippen LogP) is 3.68. The molecule has 1 heterocycles. The Balaban J connectivity index is 1.97. The molecule has 6 heteroatoms. The number of carbonyl (C=O) groups excluding carboxylic acids is 1. The maximum atomic E-state index is 11.3. The van der Waals surface area contributed by atoms with E-state index >= 15 is 0 Å². The number of amides is 1. The van der Waals surface area contributed by atoms with Crippen LogP contribution >= 0.6 is 11.6 Å². The molecule has 0 fully saturated rings. The van der Waals surface area contributed by atoms with Crippen LogP contribution in [-0.4, -0.2) is 23.9 Å². The van der Waals surface area contributed by atoms with Gasteiger partial charge in [0.25, 0.3) is 0 Å². The van der Waals surface area contributed by atoms with Gasteiger partial charge in [0.05, 0.1) is 7.11 Å². The molecule has 0 atom stereocenters. The minimum atomic E-state index is -0.270. The molecule has 1 aromatic heterocycles. The van der Waals surface area contributed by atoms with Crippen LogP contribution in [0.15, 0.2) is 46.9 Å². The highest BCUT2D eigenvalue weighted by Crippen LogP contribution is 2.28. The number of oxazole rings is 1. The summed E-state index contributed by atoms with van der Waals surface area (Å²) in [6.45, 7) is 0. The molecule has 0 spiro atoms. The molecule has 1 N–H and O–H groups in total. The van der Waals surface area contributed by atoms with Crippen LogP contribution in [0.25, 0.3) is 22.6 Å². The second-order valence-corrected chi connectivity index (χ2v) is 4.88. The number of anilines is 1. The molecule has 0 saturated carbocycles. The summed E-state index contributed by atoms with van der Waals surface area (Å²) >= 11 is 5.47. The lowest BCUT2D eigenvalue weighted by Gasteiger charge is -2.01. The largest absolute Gasteiger partial charge is 0.497 e. The minimum Gasteiger partial charge on any atom is -0.497 e. The molecule has 0 unspecified atom stereocenters. The lowest BCUT2D eigenvalue weighted by atomic mass is 10.2. The van der Waals surface area contributed by atoms with Crippen molar-refractivity contribution in [3.8, 4) is 17.2 Å². The third kappa shape index (κ3) is 2.89. The Morgan fingerprint density at radius 2 is 2.18 bits per heavy atom. The van der Waals surface area contributed by atoms with Gasteiger partial charge in [-0.1, -0.05) is 6.07 Å². The molecule has 5 nitrogen and oxygen atoms in total. The monoisotopic (exact) mass is 316 g/mol. The molecule has 0 aliphatic heterocycles. The quantitative estimate of drug-likeness (QED) is 0.746. The number of rotatable bonds is 4. The SMILES string of the molecule is COc1cccc(-c2nc3ccc(NC(=O)CCl)cc3o2)c1. The Kier molecular flexibility index (Phi) is 3.98. The highest BCUT2D eigenvalue weighted by atomic mass is 35.5. The van der Waals surface area contributed by atoms with Gasteiger partial charge >= 0.3 is 0 Å². The molecular weight excluding hydrogens is 304 g/mol. The van der Waals surface area contributed by atoms with E-state index in [0.29, 0.717) is 22.7 Å². The van der Waals surface area contributed by atoms with Gasteiger partial charge in [0, 0.05) is 17.3 Å². The van der Waals surface area contributed by atoms with Crippen molar-refractivity contribution >= 4 is 34.3 Å². The van der Waals surface area contributed by atoms with E-state index in [1.165, 1.54) is 0 Å². The number of fused-ring (bicyclic) bond motifs is 1. The summed E-state index contributed by atoms with van der Waals surface area (Å²) in [4.78, 5) is 15.7. The molecule has 3 aromatic rings. The third-order valence-corrected chi connectivity index (χ3v) is 3.35. The van der Waals surface area contributed by atoms with E-state index in [-0.39, 0.29) is 11.8 Å². The van der Waals surface area contributed by atoms with Gasteiger partial charge in [0.2, 0.25) is 11.8 Å². The van der Waals surface area contributed by atoms with Gasteiger partial charge in [-0.05, 0) is 30.3 Å². The van der Waals surface area contributed by atoms with Gasteiger partial charge in [-0.2, -0.15) is 0 Å². The van der Waals surface area contributed by atoms with Gasteiger partial charge in [0.1, 0.15) is 17.1 Å². The Hall–Kier alpha value is -2.53. The van der Waals surface area contributed by atoms with Crippen molar-refractivity contribution in [3.05, 3.63) is 42.5 Å². The number of halogens is 1. The second kappa shape index (κ2) is 6.07. The molecular formula is C16H13ClN2O3. The van der Waals surface area contributed by atoms with Crippen molar-refractivity contribution in [2.24, 2.45) is 0 Å². The number of benzene rings is 2. The van der Waals surface area contributed by atoms with Crippen LogP contribution in [0.5, 0.6) is 5.75 Å². The van der Waals surface area contributed by atoms with Crippen LogP contribution in [0.1, 0.15) is 0 Å². The van der Waals surface area contributed by atoms with E-state index < -0.39 is 0 Å². The maximum Gasteiger partial charge on any atom is 0.239 e. The first-order valence-electron chi connectivity index (χ1n) is 6.60. The Morgan fingerprint density at radius 3 is 2.95 bits per heavy atom. The van der Waals surface area contributed by atoms with Crippen LogP contribution in [0, 0.1) is 0 Å². The van der Waals surface area contributed by atoms with Crippen molar-refractivity contribution in [1.82, 2.24) is 4.98 Å². The number of carbonyl (C=O) groups is 1. The average Bonchev–Trinajstić information content (AvgIpc) is 2.98. The average molecular weight is 317 g/mol. The summed E-state index contributed by atoms with van der Waals surface area (Å²) in [6.07, 6.45) is 0. The zero-order chi connectivity index (χ0) is 15.5. The van der Waals surface area contributed by atoms with Crippen LogP contribution in [0.2, 0.25) is 0 Å². The van der Waals surface area contributed by atoms with E-state index in [2.05, 4.69) is 10.3 Å². The summed E-state index contributed by atoms with van der Waals surface area (Å²) in [6, 6.07) is 12.7. The fourth-order valence-electron chi connectivity index (χ4n) is 2.08. The lowest BCUT2D eigenvalue weighted by molar-refractivity contribution is -0.113. The first kappa shape index (κ1) is 14.4. The molecule has 0 bridgehead atoms. The highest BCUT2D eigenvalue weighted by molar-refractivity contribution is 6.29. The molecule has 3 rings (SSSR count). The molecule has 0 radical (unpaired) electrons. The van der Waals surface area contributed by atoms with Crippen molar-refractivity contribution in [1.29, 1.82) is 0 Å². The number of aromatic nitrogens is 1. The van der Waals surface area contributed by atoms with Gasteiger partial charge in [-0.15, -0.1) is 11.6 Å². The topological polar surface area (TPSA) is 64.4 Å². The molecule has 2 aromatic carbocycles. The summed E-state index contributed by atoms with van der Waals surface area (Å²) in [5.41, 5.74) is 2.74. The van der Waals surface area contributed by atoms with Gasteiger partial charge in [-0.25, -0.2) is 4.98 Å². The van der Waals surface area contributed by atoms with E-state index in [9.17, 15) is 4.79 Å². The zero-order valence-electron chi connectivity index (χ0n) is 11.8. The van der Waals surface area contributed by atoms with Crippen molar-refractivity contribution < 1.29 is 13.9 Å². The van der Waals surface area contributed by atoms with Crippen molar-refractivity contribution in [2.75, 3.05) is 18.3 Å². The maximum absolute atomic E-state index is 11.3. The second-order valence-electron chi connectivity index (χ2n) is 4.62. The predicted molar refractivity (Wildman–Crippen MR) is 85.3 cm³/mol. The first-order chi connectivity index (χ1) is 10.7. The van der Waals surface area contributed by atoms with Crippen LogP contribution in [0.3, 0.4) is 0 Å². The molecule has 0 aliphatic carbocycles. The van der Waals surface area contributed by atoms with Crippen LogP contribution in [-0.2, 0) is 4.79 Å². The van der Waals surface area contributed by atoms with Gasteiger partial charge < -0.3 is 14.5 Å². The summed E-state index contributed by atoms with van der Waals surface area (Å²) < 4.78 is 11.0. The van der Waals surface area contributed by atoms with E-state index in [1.807, 2.05) is 24.3 Å². The van der Waals surface area contributed by atoms with Crippen LogP contribution in [0.4, 0.5) is 5.69 Å². The van der Waals surface area contributed by atoms with Gasteiger partial charge in [0.15, 0.2) is 5.58 Å². The number of hydrogen-bond acceptors (Lipinski definition) is 4. The number of nitrogens with one attached hydrogen (secondary N) is 1. The Bertz CT molecular complexity index is 829. The zero-order valence-corrected chi connectivity index (χ0v) is 12.6. The number of nitrogens with zero attached hydrogens (tertiary/aromatic N) is 1. The summed E-state index contributed by atoms with van der Waals surface area (Å²) in [5, 5.41) is 2.67. The van der Waals surface area contributed by atoms with E-state index in [1.54, 1.807) is 25.3 Å². The summed E-state index contributed by atoms with van der Waals surface area (Å²) in [7, 11) is 1.61. The third-order valence-electron chi connectivity index (χ3n) is 3.11. The number of methoxy groups -OCH3 is 1. The Morgan fingerprint density at radius 1 is 1.32 bits per heavy atom. The smallest absolute Gasteiger partial charge is 0.239 e. The van der Waals surface area contributed by atoms with Crippen LogP contribution < -0.4 is 10.1 Å². The van der Waals surface area contributed by atoms with E-state index in [4.69, 9.17) is 20.8 Å². The standard InChI is InChI=1S/C16H13ClN2O3/c1-21-12-4-2-3-10(7-12)16-19-13-6-5-11(8-14(13)22-16)18-15(20)9-17/h2-8H,9H2,1H3,(H,18,20). The normalized spacial score (nSPS) is 10.6. The fraction of sp³-hybridized carbons (Fsp3) is 0.125. The molecule has 22 heavy (non-hydrogen) atoms. The molecule has 0 saturated heterocycles. The first-order valence-corrected chi connectivity index (χ1v) is 7.14. The fourth-order valence-corrected chi connectivity index (χ4v) is 2.14. The number of ether oxygens (including phenoxy) is 1.